The van der Waals surface area contributed by atoms with Crippen LogP contribution in [0.3, 0.4) is 0 Å². The zero-order valence-corrected chi connectivity index (χ0v) is 23.7. The quantitative estimate of drug-likeness (QED) is 0.214. The molecule has 9 rings (SSSR count). The maximum absolute atomic E-state index is 6.15. The lowest BCUT2D eigenvalue weighted by molar-refractivity contribution is 0.669. The van der Waals surface area contributed by atoms with Crippen LogP contribution in [0.25, 0.3) is 83.3 Å². The van der Waals surface area contributed by atoms with Crippen LogP contribution in [0.5, 0.6) is 0 Å². The van der Waals surface area contributed by atoms with Crippen LogP contribution in [-0.2, 0) is 0 Å². The fourth-order valence-electron chi connectivity index (χ4n) is 6.42. The molecule has 0 amide bonds. The van der Waals surface area contributed by atoms with Crippen LogP contribution in [0.2, 0.25) is 0 Å². The Morgan fingerprint density at radius 2 is 1.11 bits per heavy atom. The lowest BCUT2D eigenvalue weighted by atomic mass is 10.0. The van der Waals surface area contributed by atoms with Crippen molar-refractivity contribution in [1.29, 1.82) is 0 Å². The van der Waals surface area contributed by atoms with E-state index in [2.05, 4.69) is 108 Å². The number of hydrogen-bond acceptors (Lipinski definition) is 3. The minimum absolute atomic E-state index is 0.708. The predicted octanol–water partition coefficient (Wildman–Crippen LogP) is 10.5. The van der Waals surface area contributed by atoms with Gasteiger partial charge in [0.2, 0.25) is 0 Å². The topological polar surface area (TPSA) is 43.9 Å². The van der Waals surface area contributed by atoms with E-state index in [0.717, 1.165) is 72.1 Å². The summed E-state index contributed by atoms with van der Waals surface area (Å²) in [6, 6.07) is 52.5. The summed E-state index contributed by atoms with van der Waals surface area (Å²) in [6.45, 7) is 0. The monoisotopic (exact) mass is 563 g/mol. The van der Waals surface area contributed by atoms with Crippen molar-refractivity contribution in [2.24, 2.45) is 0 Å². The predicted molar refractivity (Wildman–Crippen MR) is 180 cm³/mol. The molecule has 0 saturated heterocycles. The summed E-state index contributed by atoms with van der Waals surface area (Å²) in [4.78, 5) is 10.2. The molecule has 0 saturated carbocycles. The molecule has 0 radical (unpaired) electrons. The van der Waals surface area contributed by atoms with Crippen molar-refractivity contribution in [3.63, 3.8) is 0 Å². The molecular formula is C40H25N3O. The Morgan fingerprint density at radius 1 is 0.455 bits per heavy atom. The molecule has 44 heavy (non-hydrogen) atoms. The number of benzene rings is 6. The molecule has 0 aliphatic heterocycles. The van der Waals surface area contributed by atoms with Crippen molar-refractivity contribution in [3.05, 3.63) is 152 Å². The Bertz CT molecular complexity index is 2430. The van der Waals surface area contributed by atoms with Crippen LogP contribution < -0.4 is 0 Å². The second-order valence-corrected chi connectivity index (χ2v) is 11.0. The first-order valence-electron chi connectivity index (χ1n) is 14.8. The summed E-state index contributed by atoms with van der Waals surface area (Å²) in [7, 11) is 0. The van der Waals surface area contributed by atoms with Crippen LogP contribution in [-0.4, -0.2) is 14.5 Å². The van der Waals surface area contributed by atoms with E-state index in [9.17, 15) is 0 Å². The van der Waals surface area contributed by atoms with Crippen molar-refractivity contribution in [3.8, 4) is 39.6 Å². The normalized spacial score (nSPS) is 11.6. The first kappa shape index (κ1) is 24.6. The fraction of sp³-hybridized carbons (Fsp3) is 0. The molecule has 9 aromatic rings. The van der Waals surface area contributed by atoms with Crippen LogP contribution in [0.1, 0.15) is 0 Å². The summed E-state index contributed by atoms with van der Waals surface area (Å²) < 4.78 is 8.50. The van der Waals surface area contributed by atoms with E-state index < -0.39 is 0 Å². The van der Waals surface area contributed by atoms with Crippen LogP contribution >= 0.6 is 0 Å². The largest absolute Gasteiger partial charge is 0.456 e. The van der Waals surface area contributed by atoms with E-state index in [0.29, 0.717) is 5.82 Å². The van der Waals surface area contributed by atoms with E-state index in [1.165, 1.54) is 5.39 Å². The van der Waals surface area contributed by atoms with Gasteiger partial charge in [-0.05, 0) is 42.5 Å². The SMILES string of the molecule is c1ccc(-c2cc(-c3cccc4c3c3ccccc3n4-c3ccc4oc5ccccc5c4c3)nc(-c3ccccc3)n2)cc1. The first-order chi connectivity index (χ1) is 21.8. The number of aromatic nitrogens is 3. The van der Waals surface area contributed by atoms with Gasteiger partial charge >= 0.3 is 0 Å². The third-order valence-corrected chi connectivity index (χ3v) is 8.42. The number of nitrogens with zero attached hydrogens (tertiary/aromatic N) is 3. The van der Waals surface area contributed by atoms with Gasteiger partial charge in [0.25, 0.3) is 0 Å². The molecule has 3 aromatic heterocycles. The van der Waals surface area contributed by atoms with Gasteiger partial charge < -0.3 is 8.98 Å². The number of hydrogen-bond donors (Lipinski definition) is 0. The molecule has 206 valence electrons. The van der Waals surface area contributed by atoms with Gasteiger partial charge in [-0.2, -0.15) is 0 Å². The Labute approximate surface area is 253 Å². The number of fused-ring (bicyclic) bond motifs is 6. The van der Waals surface area contributed by atoms with Gasteiger partial charge in [0, 0.05) is 43.9 Å². The number of rotatable bonds is 4. The first-order valence-corrected chi connectivity index (χ1v) is 14.8. The molecule has 0 bridgehead atoms. The minimum Gasteiger partial charge on any atom is -0.456 e. The molecule has 0 aliphatic carbocycles. The summed E-state index contributed by atoms with van der Waals surface area (Å²) in [5.74, 6) is 0.708. The molecule has 0 N–H and O–H groups in total. The molecule has 0 unspecified atom stereocenters. The van der Waals surface area contributed by atoms with Gasteiger partial charge in [-0.1, -0.05) is 109 Å². The van der Waals surface area contributed by atoms with Crippen molar-refractivity contribution in [2.75, 3.05) is 0 Å². The van der Waals surface area contributed by atoms with Gasteiger partial charge in [0.15, 0.2) is 5.82 Å². The highest BCUT2D eigenvalue weighted by molar-refractivity contribution is 6.16. The Morgan fingerprint density at radius 3 is 1.95 bits per heavy atom. The molecule has 0 aliphatic rings. The van der Waals surface area contributed by atoms with Crippen molar-refractivity contribution in [1.82, 2.24) is 14.5 Å². The average Bonchev–Trinajstić information content (AvgIpc) is 3.64. The molecule has 0 spiro atoms. The standard InChI is InChI=1S/C40H25N3O/c1-3-12-26(13-4-1)33-25-34(42-40(41-33)27-14-5-2-6-15-27)30-18-11-20-36-39(30)31-17-7-9-19-35(31)43(36)28-22-23-38-32(24-28)29-16-8-10-21-37(29)44-38/h1-25H. The minimum atomic E-state index is 0.708. The third kappa shape index (κ3) is 3.85. The Hall–Kier alpha value is -6.00. The zero-order valence-electron chi connectivity index (χ0n) is 23.7. The van der Waals surface area contributed by atoms with Gasteiger partial charge in [0.1, 0.15) is 11.2 Å². The van der Waals surface area contributed by atoms with E-state index in [-0.39, 0.29) is 0 Å². The molecule has 6 aromatic carbocycles. The summed E-state index contributed by atoms with van der Waals surface area (Å²) >= 11 is 0. The molecule has 3 heterocycles. The van der Waals surface area contributed by atoms with Gasteiger partial charge in [0.05, 0.1) is 22.4 Å². The smallest absolute Gasteiger partial charge is 0.160 e. The highest BCUT2D eigenvalue weighted by Gasteiger charge is 2.19. The van der Waals surface area contributed by atoms with Crippen LogP contribution in [0.15, 0.2) is 156 Å². The van der Waals surface area contributed by atoms with E-state index in [4.69, 9.17) is 14.4 Å². The van der Waals surface area contributed by atoms with Crippen molar-refractivity contribution < 1.29 is 4.42 Å². The molecule has 0 atom stereocenters. The highest BCUT2D eigenvalue weighted by atomic mass is 16.3. The van der Waals surface area contributed by atoms with Gasteiger partial charge in [-0.25, -0.2) is 9.97 Å². The van der Waals surface area contributed by atoms with Gasteiger partial charge in [-0.15, -0.1) is 0 Å². The maximum Gasteiger partial charge on any atom is 0.160 e. The molecule has 4 nitrogen and oxygen atoms in total. The summed E-state index contributed by atoms with van der Waals surface area (Å²) in [6.07, 6.45) is 0. The van der Waals surface area contributed by atoms with Gasteiger partial charge in [-0.3, -0.25) is 0 Å². The zero-order chi connectivity index (χ0) is 29.0. The lowest BCUT2D eigenvalue weighted by Gasteiger charge is -2.11. The summed E-state index contributed by atoms with van der Waals surface area (Å²) in [5.41, 5.74) is 10.0. The van der Waals surface area contributed by atoms with E-state index in [1.54, 1.807) is 0 Å². The maximum atomic E-state index is 6.15. The van der Waals surface area contributed by atoms with E-state index >= 15 is 0 Å². The van der Waals surface area contributed by atoms with E-state index in [1.807, 2.05) is 48.5 Å². The van der Waals surface area contributed by atoms with Crippen LogP contribution in [0.4, 0.5) is 0 Å². The second kappa shape index (κ2) is 9.79. The Kier molecular flexibility index (Phi) is 5.47. The number of para-hydroxylation sites is 2. The Balaban J connectivity index is 1.32. The molecular weight excluding hydrogens is 538 g/mol. The second-order valence-electron chi connectivity index (χ2n) is 11.0. The average molecular weight is 564 g/mol. The van der Waals surface area contributed by atoms with Crippen LogP contribution in [0, 0.1) is 0 Å². The lowest BCUT2D eigenvalue weighted by Crippen LogP contribution is -1.96. The van der Waals surface area contributed by atoms with Crippen molar-refractivity contribution in [2.45, 2.75) is 0 Å². The van der Waals surface area contributed by atoms with Crippen molar-refractivity contribution >= 4 is 43.7 Å². The molecule has 0 fully saturated rings. The third-order valence-electron chi connectivity index (χ3n) is 8.42. The fourth-order valence-corrected chi connectivity index (χ4v) is 6.42. The highest BCUT2D eigenvalue weighted by Crippen LogP contribution is 2.40. The molecule has 4 heteroatoms. The summed E-state index contributed by atoms with van der Waals surface area (Å²) in [5, 5.41) is 4.57. The number of furan rings is 1.